The average molecular weight is 369 g/mol. The normalized spacial score (nSPS) is 12.0. The maximum Gasteiger partial charge on any atom is 0.321 e. The number of amides is 1. The second-order valence-electron chi connectivity index (χ2n) is 4.88. The molecule has 0 aliphatic carbocycles. The first-order chi connectivity index (χ1) is 11.8. The SMILES string of the molecule is COCCNC(=O)[C@H](C)OC(=O)CNS(=O)(=O)c1ccc(C#N)cc1. The number of rotatable bonds is 9. The number of esters is 1. The van der Waals surface area contributed by atoms with E-state index in [-0.39, 0.29) is 11.4 Å². The first kappa shape index (κ1) is 20.6. The van der Waals surface area contributed by atoms with Crippen molar-refractivity contribution in [2.75, 3.05) is 26.8 Å². The molecular formula is C15H19N3O6S. The van der Waals surface area contributed by atoms with Crippen molar-refractivity contribution in [2.45, 2.75) is 17.9 Å². The molecule has 0 saturated heterocycles. The van der Waals surface area contributed by atoms with E-state index in [2.05, 4.69) is 10.0 Å². The van der Waals surface area contributed by atoms with Gasteiger partial charge in [0.1, 0.15) is 6.54 Å². The lowest BCUT2D eigenvalue weighted by Crippen LogP contribution is -2.39. The highest BCUT2D eigenvalue weighted by atomic mass is 32.2. The van der Waals surface area contributed by atoms with Gasteiger partial charge in [0, 0.05) is 13.7 Å². The van der Waals surface area contributed by atoms with E-state index < -0.39 is 34.5 Å². The van der Waals surface area contributed by atoms with Crippen LogP contribution < -0.4 is 10.0 Å². The maximum absolute atomic E-state index is 12.0. The Hall–Kier alpha value is -2.48. The summed E-state index contributed by atoms with van der Waals surface area (Å²) in [6.45, 7) is 1.33. The molecular weight excluding hydrogens is 350 g/mol. The fraction of sp³-hybridized carbons (Fsp3) is 0.400. The van der Waals surface area contributed by atoms with E-state index in [1.165, 1.54) is 38.3 Å². The number of nitriles is 1. The zero-order chi connectivity index (χ0) is 18.9. The topological polar surface area (TPSA) is 135 Å². The molecule has 1 aromatic rings. The van der Waals surface area contributed by atoms with E-state index in [9.17, 15) is 18.0 Å². The minimum absolute atomic E-state index is 0.0929. The number of carbonyl (C=O) groups excluding carboxylic acids is 2. The molecule has 25 heavy (non-hydrogen) atoms. The van der Waals surface area contributed by atoms with Gasteiger partial charge in [0.25, 0.3) is 5.91 Å². The molecule has 0 aromatic heterocycles. The number of hydrogen-bond donors (Lipinski definition) is 2. The van der Waals surface area contributed by atoms with Crippen molar-refractivity contribution < 1.29 is 27.5 Å². The van der Waals surface area contributed by atoms with Gasteiger partial charge in [-0.25, -0.2) is 8.42 Å². The van der Waals surface area contributed by atoms with Crippen LogP contribution in [0.1, 0.15) is 12.5 Å². The molecule has 0 fully saturated rings. The Bertz CT molecular complexity index is 740. The Balaban J connectivity index is 2.51. The van der Waals surface area contributed by atoms with Crippen LogP contribution >= 0.6 is 0 Å². The van der Waals surface area contributed by atoms with E-state index in [1.54, 1.807) is 0 Å². The molecule has 2 N–H and O–H groups in total. The number of ether oxygens (including phenoxy) is 2. The van der Waals surface area contributed by atoms with E-state index in [1.807, 2.05) is 6.07 Å². The van der Waals surface area contributed by atoms with Crippen molar-refractivity contribution in [1.82, 2.24) is 10.0 Å². The van der Waals surface area contributed by atoms with Crippen LogP contribution in [0, 0.1) is 11.3 Å². The summed E-state index contributed by atoms with van der Waals surface area (Å²) in [5.74, 6) is -1.41. The van der Waals surface area contributed by atoms with Gasteiger partial charge < -0.3 is 14.8 Å². The Morgan fingerprint density at radius 1 is 1.28 bits per heavy atom. The van der Waals surface area contributed by atoms with Gasteiger partial charge in [-0.05, 0) is 31.2 Å². The number of carbonyl (C=O) groups is 2. The minimum Gasteiger partial charge on any atom is -0.452 e. The van der Waals surface area contributed by atoms with Crippen LogP contribution in [0.25, 0.3) is 0 Å². The summed E-state index contributed by atoms with van der Waals surface area (Å²) in [6, 6.07) is 7.06. The number of nitrogens with zero attached hydrogens (tertiary/aromatic N) is 1. The predicted octanol–water partition coefficient (Wildman–Crippen LogP) is -0.469. The van der Waals surface area contributed by atoms with E-state index in [4.69, 9.17) is 14.7 Å². The molecule has 1 rings (SSSR count). The average Bonchev–Trinajstić information content (AvgIpc) is 2.60. The molecule has 10 heteroatoms. The molecule has 0 aliphatic rings. The number of hydrogen-bond acceptors (Lipinski definition) is 7. The van der Waals surface area contributed by atoms with Gasteiger partial charge in [0.2, 0.25) is 10.0 Å². The van der Waals surface area contributed by atoms with Crippen molar-refractivity contribution in [3.05, 3.63) is 29.8 Å². The second kappa shape index (κ2) is 9.73. The lowest BCUT2D eigenvalue weighted by Gasteiger charge is -2.13. The molecule has 0 saturated carbocycles. The third-order valence-electron chi connectivity index (χ3n) is 2.98. The summed E-state index contributed by atoms with van der Waals surface area (Å²) in [7, 11) is -2.45. The molecule has 1 aromatic carbocycles. The van der Waals surface area contributed by atoms with Gasteiger partial charge in [0.15, 0.2) is 6.10 Å². The number of sulfonamides is 1. The molecule has 9 nitrogen and oxygen atoms in total. The van der Waals surface area contributed by atoms with Crippen molar-refractivity contribution in [3.63, 3.8) is 0 Å². The lowest BCUT2D eigenvalue weighted by molar-refractivity contribution is -0.153. The van der Waals surface area contributed by atoms with E-state index >= 15 is 0 Å². The number of nitrogens with one attached hydrogen (secondary N) is 2. The highest BCUT2D eigenvalue weighted by molar-refractivity contribution is 7.89. The summed E-state index contributed by atoms with van der Waals surface area (Å²) in [5.41, 5.74) is 0.312. The Labute approximate surface area is 146 Å². The molecule has 0 spiro atoms. The summed E-state index contributed by atoms with van der Waals surface area (Å²) in [6.07, 6.45) is -1.07. The molecule has 1 atom stereocenters. The minimum atomic E-state index is -3.93. The quantitative estimate of drug-likeness (QED) is 0.444. The summed E-state index contributed by atoms with van der Waals surface area (Å²) in [4.78, 5) is 23.2. The van der Waals surface area contributed by atoms with Crippen molar-refractivity contribution in [2.24, 2.45) is 0 Å². The molecule has 136 valence electrons. The summed E-state index contributed by atoms with van der Waals surface area (Å²) in [5, 5.41) is 11.2. The zero-order valence-corrected chi connectivity index (χ0v) is 14.6. The third-order valence-corrected chi connectivity index (χ3v) is 4.40. The van der Waals surface area contributed by atoms with E-state index in [0.29, 0.717) is 12.2 Å². The first-order valence-corrected chi connectivity index (χ1v) is 8.74. The monoisotopic (exact) mass is 369 g/mol. The molecule has 0 radical (unpaired) electrons. The third kappa shape index (κ3) is 6.88. The van der Waals surface area contributed by atoms with Crippen molar-refractivity contribution in [3.8, 4) is 6.07 Å². The summed E-state index contributed by atoms with van der Waals surface area (Å²) >= 11 is 0. The van der Waals surface area contributed by atoms with Gasteiger partial charge in [-0.3, -0.25) is 9.59 Å². The van der Waals surface area contributed by atoms with Crippen LogP contribution in [-0.2, 0) is 29.1 Å². The van der Waals surface area contributed by atoms with Gasteiger partial charge in [-0.1, -0.05) is 0 Å². The van der Waals surface area contributed by atoms with Crippen molar-refractivity contribution in [1.29, 1.82) is 5.26 Å². The zero-order valence-electron chi connectivity index (χ0n) is 13.8. The Morgan fingerprint density at radius 2 is 1.92 bits per heavy atom. The van der Waals surface area contributed by atoms with Gasteiger partial charge in [-0.2, -0.15) is 9.98 Å². The Morgan fingerprint density at radius 3 is 2.48 bits per heavy atom. The summed E-state index contributed by atoms with van der Waals surface area (Å²) < 4.78 is 35.8. The maximum atomic E-state index is 12.0. The first-order valence-electron chi connectivity index (χ1n) is 7.26. The lowest BCUT2D eigenvalue weighted by atomic mass is 10.2. The smallest absolute Gasteiger partial charge is 0.321 e. The van der Waals surface area contributed by atoms with Crippen LogP contribution in [-0.4, -0.2) is 53.2 Å². The van der Waals surface area contributed by atoms with Gasteiger partial charge in [-0.15, -0.1) is 0 Å². The molecule has 0 unspecified atom stereocenters. The molecule has 0 heterocycles. The fourth-order valence-corrected chi connectivity index (χ4v) is 2.63. The van der Waals surface area contributed by atoms with Gasteiger partial charge in [0.05, 0.1) is 23.1 Å². The Kier molecular flexibility index (Phi) is 8.00. The molecule has 0 bridgehead atoms. The van der Waals surface area contributed by atoms with Crippen LogP contribution in [0.5, 0.6) is 0 Å². The largest absolute Gasteiger partial charge is 0.452 e. The number of methoxy groups -OCH3 is 1. The highest BCUT2D eigenvalue weighted by Crippen LogP contribution is 2.09. The van der Waals surface area contributed by atoms with Crippen molar-refractivity contribution >= 4 is 21.9 Å². The van der Waals surface area contributed by atoms with Crippen LogP contribution in [0.2, 0.25) is 0 Å². The number of benzene rings is 1. The molecule has 0 aliphatic heterocycles. The second-order valence-corrected chi connectivity index (χ2v) is 6.64. The van der Waals surface area contributed by atoms with Gasteiger partial charge >= 0.3 is 5.97 Å². The van der Waals surface area contributed by atoms with E-state index in [0.717, 1.165) is 0 Å². The predicted molar refractivity (Wildman–Crippen MR) is 86.8 cm³/mol. The fourth-order valence-electron chi connectivity index (χ4n) is 1.66. The molecule has 1 amide bonds. The standard InChI is InChI=1S/C15H19N3O6S/c1-11(15(20)17-7-8-23-2)24-14(19)10-18-25(21,22)13-5-3-12(9-16)4-6-13/h3-6,11,18H,7-8,10H2,1-2H3,(H,17,20)/t11-/m0/s1. The highest BCUT2D eigenvalue weighted by Gasteiger charge is 2.20. The van der Waals surface area contributed by atoms with Crippen LogP contribution in [0.4, 0.5) is 0 Å². The van der Waals surface area contributed by atoms with Crippen LogP contribution in [0.3, 0.4) is 0 Å². The van der Waals surface area contributed by atoms with Crippen LogP contribution in [0.15, 0.2) is 29.2 Å².